The molecule has 1 aliphatic heterocycles. The van der Waals surface area contributed by atoms with Gasteiger partial charge in [-0.15, -0.1) is 0 Å². The van der Waals surface area contributed by atoms with Crippen molar-refractivity contribution in [3.05, 3.63) is 70.4 Å². The van der Waals surface area contributed by atoms with Gasteiger partial charge in [-0.25, -0.2) is 0 Å². The maximum absolute atomic E-state index is 13.2. The van der Waals surface area contributed by atoms with Crippen molar-refractivity contribution in [2.75, 3.05) is 19.6 Å². The maximum atomic E-state index is 13.2. The first kappa shape index (κ1) is 19.0. The molecule has 1 atom stereocenters. The molecule has 1 saturated heterocycles. The maximum Gasteiger partial charge on any atom is 0.286 e. The molecule has 2 amide bonds. The third-order valence-corrected chi connectivity index (χ3v) is 5.49. The number of aromatic nitrogens is 1. The van der Waals surface area contributed by atoms with Crippen molar-refractivity contribution in [1.82, 2.24) is 14.8 Å². The standard InChI is InChI=1S/C22H23N3O4/c1-24-18-8-3-2-7-16(18)17(12-20(24)26)22(28)25-10-4-6-15(14-25)13-23-21(27)19-9-5-11-29-19/h2-3,5,7-9,11-12,15H,4,6,10,13-14H2,1H3,(H,23,27). The number of fused-ring (bicyclic) bond motifs is 1. The van der Waals surface area contributed by atoms with E-state index in [9.17, 15) is 14.4 Å². The molecule has 0 bridgehead atoms. The molecule has 0 radical (unpaired) electrons. The molecule has 0 saturated carbocycles. The summed E-state index contributed by atoms with van der Waals surface area (Å²) in [7, 11) is 1.71. The Morgan fingerprint density at radius 3 is 2.83 bits per heavy atom. The van der Waals surface area contributed by atoms with Crippen LogP contribution in [-0.2, 0) is 7.05 Å². The van der Waals surface area contributed by atoms with E-state index in [1.807, 2.05) is 24.3 Å². The highest BCUT2D eigenvalue weighted by molar-refractivity contribution is 6.06. The molecule has 3 heterocycles. The lowest BCUT2D eigenvalue weighted by atomic mass is 9.96. The molecule has 7 heteroatoms. The van der Waals surface area contributed by atoms with Gasteiger partial charge in [0.25, 0.3) is 17.4 Å². The predicted octanol–water partition coefficient (Wildman–Crippen LogP) is 2.41. The van der Waals surface area contributed by atoms with Crippen LogP contribution in [0.25, 0.3) is 10.9 Å². The van der Waals surface area contributed by atoms with Gasteiger partial charge < -0.3 is 19.2 Å². The minimum atomic E-state index is -0.254. The van der Waals surface area contributed by atoms with Crippen LogP contribution >= 0.6 is 0 Å². The second-order valence-electron chi connectivity index (χ2n) is 7.42. The zero-order valence-corrected chi connectivity index (χ0v) is 16.3. The number of furan rings is 1. The van der Waals surface area contributed by atoms with Gasteiger partial charge in [0, 0.05) is 38.1 Å². The van der Waals surface area contributed by atoms with Crippen molar-refractivity contribution in [2.45, 2.75) is 12.8 Å². The number of nitrogens with one attached hydrogen (secondary N) is 1. The molecular formula is C22H23N3O4. The van der Waals surface area contributed by atoms with E-state index in [0.717, 1.165) is 23.7 Å². The SMILES string of the molecule is Cn1c(=O)cc(C(=O)N2CCCC(CNC(=O)c3ccco3)C2)c2ccccc21. The van der Waals surface area contributed by atoms with E-state index in [1.165, 1.54) is 12.3 Å². The third kappa shape index (κ3) is 3.81. The Kier molecular flexibility index (Phi) is 5.20. The van der Waals surface area contributed by atoms with E-state index in [0.29, 0.717) is 25.2 Å². The highest BCUT2D eigenvalue weighted by Crippen LogP contribution is 2.22. The molecular weight excluding hydrogens is 370 g/mol. The van der Waals surface area contributed by atoms with Crippen LogP contribution in [0.2, 0.25) is 0 Å². The van der Waals surface area contributed by atoms with Gasteiger partial charge >= 0.3 is 0 Å². The number of hydrogen-bond donors (Lipinski definition) is 1. The summed E-state index contributed by atoms with van der Waals surface area (Å²) < 4.78 is 6.66. The molecule has 1 aromatic carbocycles. The fourth-order valence-corrected chi connectivity index (χ4v) is 3.91. The number of pyridine rings is 1. The van der Waals surface area contributed by atoms with Crippen molar-refractivity contribution in [3.8, 4) is 0 Å². The molecule has 29 heavy (non-hydrogen) atoms. The summed E-state index contributed by atoms with van der Waals surface area (Å²) in [6.07, 6.45) is 3.25. The number of aryl methyl sites for hydroxylation is 1. The number of hydrogen-bond acceptors (Lipinski definition) is 4. The molecule has 1 unspecified atom stereocenters. The number of amides is 2. The molecule has 150 valence electrons. The number of piperidine rings is 1. The second-order valence-corrected chi connectivity index (χ2v) is 7.42. The molecule has 7 nitrogen and oxygen atoms in total. The van der Waals surface area contributed by atoms with Crippen molar-refractivity contribution in [3.63, 3.8) is 0 Å². The van der Waals surface area contributed by atoms with Gasteiger partial charge in [0.05, 0.1) is 17.3 Å². The van der Waals surface area contributed by atoms with E-state index in [4.69, 9.17) is 4.42 Å². The third-order valence-electron chi connectivity index (χ3n) is 5.49. The summed E-state index contributed by atoms with van der Waals surface area (Å²) in [6, 6.07) is 12.1. The Bertz CT molecular complexity index is 1100. The number of carbonyl (C=O) groups is 2. The van der Waals surface area contributed by atoms with Crippen LogP contribution in [0.1, 0.15) is 33.8 Å². The highest BCUT2D eigenvalue weighted by atomic mass is 16.3. The lowest BCUT2D eigenvalue weighted by Gasteiger charge is -2.33. The highest BCUT2D eigenvalue weighted by Gasteiger charge is 2.26. The van der Waals surface area contributed by atoms with Gasteiger partial charge in [-0.3, -0.25) is 14.4 Å². The zero-order chi connectivity index (χ0) is 20.4. The summed E-state index contributed by atoms with van der Waals surface area (Å²) in [5.74, 6) is 0.0433. The van der Waals surface area contributed by atoms with Gasteiger partial charge in [0.15, 0.2) is 5.76 Å². The Morgan fingerprint density at radius 2 is 2.03 bits per heavy atom. The summed E-state index contributed by atoms with van der Waals surface area (Å²) >= 11 is 0. The van der Waals surface area contributed by atoms with Crippen molar-refractivity contribution < 1.29 is 14.0 Å². The van der Waals surface area contributed by atoms with Gasteiger partial charge in [-0.2, -0.15) is 0 Å². The van der Waals surface area contributed by atoms with Gasteiger partial charge in [0.1, 0.15) is 0 Å². The van der Waals surface area contributed by atoms with Crippen LogP contribution in [0.15, 0.2) is 57.9 Å². The zero-order valence-electron chi connectivity index (χ0n) is 16.3. The normalized spacial score (nSPS) is 16.7. The quantitative estimate of drug-likeness (QED) is 0.738. The molecule has 0 aliphatic carbocycles. The fraction of sp³-hybridized carbons (Fsp3) is 0.318. The van der Waals surface area contributed by atoms with Crippen LogP contribution in [0.3, 0.4) is 0 Å². The van der Waals surface area contributed by atoms with Crippen molar-refractivity contribution in [2.24, 2.45) is 13.0 Å². The van der Waals surface area contributed by atoms with E-state index < -0.39 is 0 Å². The minimum absolute atomic E-state index is 0.138. The number of rotatable bonds is 4. The van der Waals surface area contributed by atoms with Crippen LogP contribution in [-0.4, -0.2) is 40.9 Å². The number of para-hydroxylation sites is 1. The molecule has 1 fully saturated rings. The van der Waals surface area contributed by atoms with Crippen LogP contribution in [0, 0.1) is 5.92 Å². The number of likely N-dealkylation sites (tertiary alicyclic amines) is 1. The van der Waals surface area contributed by atoms with E-state index in [1.54, 1.807) is 28.6 Å². The molecule has 1 aliphatic rings. The minimum Gasteiger partial charge on any atom is -0.459 e. The molecule has 0 spiro atoms. The average molecular weight is 393 g/mol. The lowest BCUT2D eigenvalue weighted by Crippen LogP contribution is -2.44. The van der Waals surface area contributed by atoms with E-state index in [2.05, 4.69) is 5.32 Å². The van der Waals surface area contributed by atoms with E-state index in [-0.39, 0.29) is 29.1 Å². The number of nitrogens with zero attached hydrogens (tertiary/aromatic N) is 2. The Balaban J connectivity index is 1.49. The summed E-state index contributed by atoms with van der Waals surface area (Å²) in [5.41, 5.74) is 0.970. The van der Waals surface area contributed by atoms with Crippen molar-refractivity contribution in [1.29, 1.82) is 0 Å². The summed E-state index contributed by atoms with van der Waals surface area (Å²) in [5, 5.41) is 3.65. The first-order chi connectivity index (χ1) is 14.0. The fourth-order valence-electron chi connectivity index (χ4n) is 3.91. The summed E-state index contributed by atoms with van der Waals surface area (Å²) in [4.78, 5) is 39.4. The molecule has 1 N–H and O–H groups in total. The van der Waals surface area contributed by atoms with Crippen LogP contribution in [0.4, 0.5) is 0 Å². The first-order valence-electron chi connectivity index (χ1n) is 9.74. The average Bonchev–Trinajstić information content (AvgIpc) is 3.29. The first-order valence-corrected chi connectivity index (χ1v) is 9.74. The smallest absolute Gasteiger partial charge is 0.286 e. The van der Waals surface area contributed by atoms with E-state index >= 15 is 0 Å². The Labute approximate surface area is 167 Å². The van der Waals surface area contributed by atoms with Crippen LogP contribution < -0.4 is 10.9 Å². The monoisotopic (exact) mass is 393 g/mol. The molecule has 2 aromatic heterocycles. The van der Waals surface area contributed by atoms with Gasteiger partial charge in [0.2, 0.25) is 0 Å². The number of carbonyl (C=O) groups excluding carboxylic acids is 2. The topological polar surface area (TPSA) is 84.5 Å². The number of benzene rings is 1. The Morgan fingerprint density at radius 1 is 1.21 bits per heavy atom. The summed E-state index contributed by atoms with van der Waals surface area (Å²) in [6.45, 7) is 1.66. The lowest BCUT2D eigenvalue weighted by molar-refractivity contribution is 0.0671. The largest absolute Gasteiger partial charge is 0.459 e. The second kappa shape index (κ2) is 7.95. The molecule has 3 aromatic rings. The Hall–Kier alpha value is -3.35. The predicted molar refractivity (Wildman–Crippen MR) is 109 cm³/mol. The van der Waals surface area contributed by atoms with Crippen molar-refractivity contribution >= 4 is 22.7 Å². The van der Waals surface area contributed by atoms with Gasteiger partial charge in [-0.05, 0) is 37.0 Å². The van der Waals surface area contributed by atoms with Gasteiger partial charge in [-0.1, -0.05) is 18.2 Å². The molecule has 4 rings (SSSR count). The van der Waals surface area contributed by atoms with Crippen LogP contribution in [0.5, 0.6) is 0 Å².